The van der Waals surface area contributed by atoms with E-state index < -0.39 is 5.60 Å². The first-order valence-corrected chi connectivity index (χ1v) is 9.33. The molecular weight excluding hydrogens is 348 g/mol. The van der Waals surface area contributed by atoms with Crippen LogP contribution in [0.1, 0.15) is 45.6 Å². The Labute approximate surface area is 159 Å². The molecule has 148 valence electrons. The maximum atomic E-state index is 12.3. The molecule has 0 bridgehead atoms. The number of hydrogen-bond acceptors (Lipinski definition) is 6. The third kappa shape index (κ3) is 4.32. The summed E-state index contributed by atoms with van der Waals surface area (Å²) in [6, 6.07) is 5.10. The molecule has 1 heterocycles. The minimum atomic E-state index is -0.497. The van der Waals surface area contributed by atoms with E-state index in [1.165, 1.54) is 6.07 Å². The van der Waals surface area contributed by atoms with E-state index in [0.29, 0.717) is 25.3 Å². The van der Waals surface area contributed by atoms with Gasteiger partial charge in [0.05, 0.1) is 4.92 Å². The Bertz CT molecular complexity index is 738. The number of anilines is 1. The molecule has 1 aromatic carbocycles. The minimum absolute atomic E-state index is 0.0648. The Morgan fingerprint density at radius 3 is 2.74 bits per heavy atom. The first-order valence-electron chi connectivity index (χ1n) is 9.33. The van der Waals surface area contributed by atoms with E-state index in [2.05, 4.69) is 5.32 Å². The van der Waals surface area contributed by atoms with Crippen LogP contribution < -0.4 is 11.1 Å². The maximum Gasteiger partial charge on any atom is 0.410 e. The van der Waals surface area contributed by atoms with E-state index in [9.17, 15) is 14.9 Å². The van der Waals surface area contributed by atoms with Crippen LogP contribution >= 0.6 is 0 Å². The number of ether oxygens (including phenoxy) is 1. The van der Waals surface area contributed by atoms with Gasteiger partial charge in [-0.05, 0) is 57.1 Å². The summed E-state index contributed by atoms with van der Waals surface area (Å²) < 4.78 is 5.46. The van der Waals surface area contributed by atoms with Gasteiger partial charge in [-0.15, -0.1) is 0 Å². The summed E-state index contributed by atoms with van der Waals surface area (Å²) in [5.41, 5.74) is 6.69. The molecule has 1 saturated carbocycles. The average molecular weight is 376 g/mol. The lowest BCUT2D eigenvalue weighted by molar-refractivity contribution is -0.384. The highest BCUT2D eigenvalue weighted by Gasteiger charge is 2.50. The van der Waals surface area contributed by atoms with E-state index in [1.54, 1.807) is 17.0 Å². The van der Waals surface area contributed by atoms with Crippen LogP contribution in [0, 0.1) is 15.5 Å². The topological polar surface area (TPSA) is 111 Å². The van der Waals surface area contributed by atoms with E-state index in [-0.39, 0.29) is 28.2 Å². The summed E-state index contributed by atoms with van der Waals surface area (Å²) in [5.74, 6) is 0. The molecule has 3 N–H and O–H groups in total. The minimum Gasteiger partial charge on any atom is -0.444 e. The van der Waals surface area contributed by atoms with Gasteiger partial charge in [0.2, 0.25) is 0 Å². The molecule has 2 fully saturated rings. The van der Waals surface area contributed by atoms with Crippen LogP contribution in [-0.2, 0) is 11.3 Å². The molecule has 1 spiro atoms. The molecule has 0 atom stereocenters. The first-order chi connectivity index (χ1) is 12.6. The van der Waals surface area contributed by atoms with Gasteiger partial charge in [-0.2, -0.15) is 0 Å². The van der Waals surface area contributed by atoms with Crippen LogP contribution in [0.25, 0.3) is 0 Å². The third-order valence-corrected chi connectivity index (χ3v) is 5.30. The molecule has 27 heavy (non-hydrogen) atoms. The highest BCUT2D eigenvalue weighted by atomic mass is 16.6. The van der Waals surface area contributed by atoms with Crippen molar-refractivity contribution < 1.29 is 14.5 Å². The van der Waals surface area contributed by atoms with Gasteiger partial charge in [-0.1, -0.05) is 6.07 Å². The van der Waals surface area contributed by atoms with Crippen LogP contribution in [0.3, 0.4) is 0 Å². The van der Waals surface area contributed by atoms with Crippen molar-refractivity contribution >= 4 is 17.5 Å². The van der Waals surface area contributed by atoms with Crippen LogP contribution in [0.5, 0.6) is 0 Å². The number of carbonyl (C=O) groups excluding carboxylic acids is 1. The largest absolute Gasteiger partial charge is 0.444 e. The lowest BCUT2D eigenvalue weighted by Crippen LogP contribution is -2.47. The van der Waals surface area contributed by atoms with Crippen molar-refractivity contribution in [1.29, 1.82) is 0 Å². The van der Waals surface area contributed by atoms with Gasteiger partial charge >= 0.3 is 6.09 Å². The highest BCUT2D eigenvalue weighted by molar-refractivity contribution is 5.69. The first kappa shape index (κ1) is 19.4. The summed E-state index contributed by atoms with van der Waals surface area (Å²) >= 11 is 0. The molecule has 1 aliphatic heterocycles. The quantitative estimate of drug-likeness (QED) is 0.616. The molecule has 8 heteroatoms. The Morgan fingerprint density at radius 2 is 2.15 bits per heavy atom. The van der Waals surface area contributed by atoms with E-state index in [4.69, 9.17) is 10.5 Å². The third-order valence-electron chi connectivity index (χ3n) is 5.30. The van der Waals surface area contributed by atoms with Crippen LogP contribution in [0.15, 0.2) is 18.2 Å². The lowest BCUT2D eigenvalue weighted by Gasteiger charge is -2.45. The fourth-order valence-corrected chi connectivity index (χ4v) is 4.04. The summed E-state index contributed by atoms with van der Waals surface area (Å²) in [4.78, 5) is 24.9. The normalized spacial score (nSPS) is 24.6. The van der Waals surface area contributed by atoms with Crippen molar-refractivity contribution in [2.24, 2.45) is 11.1 Å². The molecule has 2 aliphatic rings. The van der Waals surface area contributed by atoms with Gasteiger partial charge in [0, 0.05) is 31.7 Å². The molecule has 3 rings (SSSR count). The number of carbonyl (C=O) groups is 1. The van der Waals surface area contributed by atoms with Crippen LogP contribution in [-0.4, -0.2) is 40.6 Å². The summed E-state index contributed by atoms with van der Waals surface area (Å²) in [6.45, 7) is 7.31. The SMILES string of the molecule is CC(C)(C)OC(=O)N1CCC2(CC(Nc3cc(CN)ccc3[N+](=O)[O-])C2)C1. The maximum absolute atomic E-state index is 12.3. The number of benzene rings is 1. The standard InChI is InChI=1S/C19H28N4O4/c1-18(2,3)27-17(24)22-7-6-19(12-22)9-14(10-19)21-15-8-13(11-20)4-5-16(15)23(25)26/h4-5,8,14,21H,6-7,9-12,20H2,1-3H3. The fourth-order valence-electron chi connectivity index (χ4n) is 4.04. The summed E-state index contributed by atoms with van der Waals surface area (Å²) in [7, 11) is 0. The zero-order valence-corrected chi connectivity index (χ0v) is 16.2. The number of nitro groups is 1. The zero-order valence-electron chi connectivity index (χ0n) is 16.2. The molecule has 1 aliphatic carbocycles. The van der Waals surface area contributed by atoms with Gasteiger partial charge in [-0.25, -0.2) is 4.79 Å². The predicted octanol–water partition coefficient (Wildman–Crippen LogP) is 3.26. The van der Waals surface area contributed by atoms with Gasteiger partial charge in [0.15, 0.2) is 0 Å². The number of nitrogens with two attached hydrogens (primary N) is 1. The number of nitro benzene ring substituents is 1. The number of hydrogen-bond donors (Lipinski definition) is 2. The van der Waals surface area contributed by atoms with Crippen LogP contribution in [0.2, 0.25) is 0 Å². The molecule has 1 saturated heterocycles. The van der Waals surface area contributed by atoms with Crippen molar-refractivity contribution in [3.8, 4) is 0 Å². The van der Waals surface area contributed by atoms with E-state index in [0.717, 1.165) is 24.8 Å². The van der Waals surface area contributed by atoms with Gasteiger partial charge in [0.1, 0.15) is 11.3 Å². The van der Waals surface area contributed by atoms with Gasteiger partial charge < -0.3 is 20.7 Å². The van der Waals surface area contributed by atoms with Crippen molar-refractivity contribution in [2.75, 3.05) is 18.4 Å². The second kappa shape index (κ2) is 6.99. The highest BCUT2D eigenvalue weighted by Crippen LogP contribution is 2.49. The zero-order chi connectivity index (χ0) is 19.8. The number of nitrogens with one attached hydrogen (secondary N) is 1. The van der Waals surface area contributed by atoms with Crippen molar-refractivity contribution in [3.05, 3.63) is 33.9 Å². The second-order valence-corrected chi connectivity index (χ2v) is 8.71. The molecule has 0 aromatic heterocycles. The van der Waals surface area contributed by atoms with Crippen molar-refractivity contribution in [1.82, 2.24) is 4.90 Å². The molecule has 8 nitrogen and oxygen atoms in total. The van der Waals surface area contributed by atoms with Crippen molar-refractivity contribution in [2.45, 2.75) is 58.2 Å². The number of nitrogens with zero attached hydrogens (tertiary/aromatic N) is 2. The monoisotopic (exact) mass is 376 g/mol. The number of rotatable bonds is 4. The number of likely N-dealkylation sites (tertiary alicyclic amines) is 1. The van der Waals surface area contributed by atoms with Gasteiger partial charge in [0.25, 0.3) is 5.69 Å². The molecule has 0 radical (unpaired) electrons. The molecular formula is C19H28N4O4. The summed E-state index contributed by atoms with van der Waals surface area (Å²) in [6.07, 6.45) is 2.45. The van der Waals surface area contributed by atoms with Crippen LogP contribution in [0.4, 0.5) is 16.2 Å². The number of amides is 1. The fraction of sp³-hybridized carbons (Fsp3) is 0.632. The van der Waals surface area contributed by atoms with Gasteiger partial charge in [-0.3, -0.25) is 10.1 Å². The Hall–Kier alpha value is -2.35. The molecule has 1 amide bonds. The predicted molar refractivity (Wildman–Crippen MR) is 102 cm³/mol. The Balaban J connectivity index is 1.59. The Morgan fingerprint density at radius 1 is 1.44 bits per heavy atom. The second-order valence-electron chi connectivity index (χ2n) is 8.71. The molecule has 0 unspecified atom stereocenters. The summed E-state index contributed by atoms with van der Waals surface area (Å²) in [5, 5.41) is 14.6. The van der Waals surface area contributed by atoms with E-state index in [1.807, 2.05) is 20.8 Å². The Kier molecular flexibility index (Phi) is 5.03. The average Bonchev–Trinajstić information content (AvgIpc) is 2.98. The lowest BCUT2D eigenvalue weighted by atomic mass is 9.65. The molecule has 1 aromatic rings. The van der Waals surface area contributed by atoms with E-state index >= 15 is 0 Å². The van der Waals surface area contributed by atoms with Crippen molar-refractivity contribution in [3.63, 3.8) is 0 Å². The smallest absolute Gasteiger partial charge is 0.410 e.